The van der Waals surface area contributed by atoms with E-state index < -0.39 is 0 Å². The first-order valence-corrected chi connectivity index (χ1v) is 8.23. The summed E-state index contributed by atoms with van der Waals surface area (Å²) in [6.07, 6.45) is 14.9. The second-order valence-corrected chi connectivity index (χ2v) is 5.38. The molecule has 0 aromatic carbocycles. The second-order valence-electron chi connectivity index (χ2n) is 5.38. The van der Waals surface area contributed by atoms with Gasteiger partial charge in [0.05, 0.1) is 0 Å². The molecule has 0 N–H and O–H groups in total. The number of unbranched alkanes of at least 4 members (excludes halogenated alkanes) is 6. The Balaban J connectivity index is 1.76. The van der Waals surface area contributed by atoms with Crippen molar-refractivity contribution in [2.24, 2.45) is 0 Å². The van der Waals surface area contributed by atoms with Crippen LogP contribution in [-0.2, 0) is 9.47 Å². The molecular formula is C18H30O2. The van der Waals surface area contributed by atoms with Crippen LogP contribution in [0.1, 0.15) is 70.6 Å². The summed E-state index contributed by atoms with van der Waals surface area (Å²) in [7, 11) is 0. The molecular weight excluding hydrogens is 248 g/mol. The fourth-order valence-corrected chi connectivity index (χ4v) is 2.31. The number of hydrogen-bond donors (Lipinski definition) is 0. The van der Waals surface area contributed by atoms with E-state index in [1.165, 1.54) is 51.4 Å². The summed E-state index contributed by atoms with van der Waals surface area (Å²) >= 11 is 0. The van der Waals surface area contributed by atoms with Gasteiger partial charge in [-0.15, -0.1) is 12.5 Å². The molecule has 0 radical (unpaired) electrons. The first-order chi connectivity index (χ1) is 9.93. The molecule has 0 saturated carbocycles. The number of hydrogen-bond acceptors (Lipinski definition) is 2. The zero-order chi connectivity index (χ0) is 14.3. The Hall–Kier alpha value is -0.780. The zero-order valence-corrected chi connectivity index (χ0v) is 12.9. The Kier molecular flexibility index (Phi) is 11.4. The lowest BCUT2D eigenvalue weighted by Crippen LogP contribution is -2.22. The Morgan fingerprint density at radius 2 is 1.85 bits per heavy atom. The van der Waals surface area contributed by atoms with Crippen LogP contribution >= 0.6 is 0 Å². The van der Waals surface area contributed by atoms with Crippen molar-refractivity contribution in [2.45, 2.75) is 76.9 Å². The quantitative estimate of drug-likeness (QED) is 0.323. The SMILES string of the molecule is C=CCC#CCCCCCCCCOC1CCCCO1. The lowest BCUT2D eigenvalue weighted by Gasteiger charge is -2.22. The van der Waals surface area contributed by atoms with Crippen LogP contribution in [0.3, 0.4) is 0 Å². The molecule has 0 bridgehead atoms. The van der Waals surface area contributed by atoms with Gasteiger partial charge in [0.2, 0.25) is 0 Å². The molecule has 114 valence electrons. The molecule has 1 rings (SSSR count). The first-order valence-electron chi connectivity index (χ1n) is 8.23. The van der Waals surface area contributed by atoms with Gasteiger partial charge in [0.1, 0.15) is 0 Å². The number of rotatable bonds is 10. The largest absolute Gasteiger partial charge is 0.353 e. The van der Waals surface area contributed by atoms with Crippen molar-refractivity contribution in [3.8, 4) is 11.8 Å². The van der Waals surface area contributed by atoms with E-state index in [0.717, 1.165) is 32.5 Å². The maximum absolute atomic E-state index is 5.72. The minimum absolute atomic E-state index is 0.0814. The highest BCUT2D eigenvalue weighted by Crippen LogP contribution is 2.14. The minimum atomic E-state index is 0.0814. The van der Waals surface area contributed by atoms with Crippen LogP contribution in [0.15, 0.2) is 12.7 Å². The second kappa shape index (κ2) is 13.2. The summed E-state index contributed by atoms with van der Waals surface area (Å²) in [4.78, 5) is 0. The van der Waals surface area contributed by atoms with Crippen molar-refractivity contribution < 1.29 is 9.47 Å². The van der Waals surface area contributed by atoms with E-state index in [0.29, 0.717) is 0 Å². The maximum Gasteiger partial charge on any atom is 0.157 e. The monoisotopic (exact) mass is 278 g/mol. The molecule has 1 unspecified atom stereocenters. The van der Waals surface area contributed by atoms with Crippen LogP contribution in [0.5, 0.6) is 0 Å². The van der Waals surface area contributed by atoms with Gasteiger partial charge in [0.15, 0.2) is 6.29 Å². The summed E-state index contributed by atoms with van der Waals surface area (Å²) in [6, 6.07) is 0. The van der Waals surface area contributed by atoms with E-state index in [1.807, 2.05) is 6.08 Å². The number of ether oxygens (including phenoxy) is 2. The van der Waals surface area contributed by atoms with Crippen LogP contribution in [0, 0.1) is 11.8 Å². The van der Waals surface area contributed by atoms with Gasteiger partial charge in [-0.25, -0.2) is 0 Å². The molecule has 1 fully saturated rings. The molecule has 1 aliphatic heterocycles. The summed E-state index contributed by atoms with van der Waals surface area (Å²) in [5, 5.41) is 0. The fourth-order valence-electron chi connectivity index (χ4n) is 2.31. The third kappa shape index (κ3) is 10.1. The molecule has 1 aliphatic rings. The van der Waals surface area contributed by atoms with Crippen molar-refractivity contribution in [3.63, 3.8) is 0 Å². The highest BCUT2D eigenvalue weighted by atomic mass is 16.7. The lowest BCUT2D eigenvalue weighted by molar-refractivity contribution is -0.162. The lowest BCUT2D eigenvalue weighted by atomic mass is 10.1. The van der Waals surface area contributed by atoms with E-state index in [9.17, 15) is 0 Å². The Morgan fingerprint density at radius 3 is 2.60 bits per heavy atom. The molecule has 0 aromatic rings. The zero-order valence-electron chi connectivity index (χ0n) is 12.9. The topological polar surface area (TPSA) is 18.5 Å². The Labute approximate surface area is 124 Å². The highest BCUT2D eigenvalue weighted by molar-refractivity contribution is 5.02. The fraction of sp³-hybridized carbons (Fsp3) is 0.778. The van der Waals surface area contributed by atoms with Crippen molar-refractivity contribution in [2.75, 3.05) is 13.2 Å². The van der Waals surface area contributed by atoms with Crippen LogP contribution in [-0.4, -0.2) is 19.5 Å². The average Bonchev–Trinajstić information content (AvgIpc) is 2.49. The summed E-state index contributed by atoms with van der Waals surface area (Å²) in [5.74, 6) is 6.27. The third-order valence-corrected chi connectivity index (χ3v) is 3.51. The summed E-state index contributed by atoms with van der Waals surface area (Å²) in [5.41, 5.74) is 0. The molecule has 2 nitrogen and oxygen atoms in total. The van der Waals surface area contributed by atoms with E-state index in [2.05, 4.69) is 18.4 Å². The number of allylic oxidation sites excluding steroid dienone is 1. The molecule has 1 saturated heterocycles. The maximum atomic E-state index is 5.72. The molecule has 20 heavy (non-hydrogen) atoms. The molecule has 0 aromatic heterocycles. The summed E-state index contributed by atoms with van der Waals surface area (Å²) in [6.45, 7) is 5.39. The third-order valence-electron chi connectivity index (χ3n) is 3.51. The van der Waals surface area contributed by atoms with Gasteiger partial charge < -0.3 is 9.47 Å². The highest BCUT2D eigenvalue weighted by Gasteiger charge is 2.13. The van der Waals surface area contributed by atoms with Gasteiger partial charge >= 0.3 is 0 Å². The van der Waals surface area contributed by atoms with Crippen LogP contribution in [0.25, 0.3) is 0 Å². The van der Waals surface area contributed by atoms with Gasteiger partial charge in [-0.1, -0.05) is 37.7 Å². The predicted octanol–water partition coefficient (Wildman–Crippen LogP) is 4.84. The van der Waals surface area contributed by atoms with E-state index >= 15 is 0 Å². The van der Waals surface area contributed by atoms with Gasteiger partial charge in [0.25, 0.3) is 0 Å². The first kappa shape index (κ1) is 17.3. The van der Waals surface area contributed by atoms with Crippen molar-refractivity contribution in [1.29, 1.82) is 0 Å². The van der Waals surface area contributed by atoms with Crippen molar-refractivity contribution in [3.05, 3.63) is 12.7 Å². The van der Waals surface area contributed by atoms with Crippen molar-refractivity contribution in [1.82, 2.24) is 0 Å². The van der Waals surface area contributed by atoms with Gasteiger partial charge in [-0.3, -0.25) is 0 Å². The van der Waals surface area contributed by atoms with E-state index in [4.69, 9.17) is 9.47 Å². The standard InChI is InChI=1S/C18H30O2/c1-2-3-4-5-6-7-8-9-10-11-13-16-19-18-15-12-14-17-20-18/h2,18H,1,3,6-17H2. The Morgan fingerprint density at radius 1 is 1.05 bits per heavy atom. The molecule has 0 spiro atoms. The van der Waals surface area contributed by atoms with Crippen LogP contribution in [0.4, 0.5) is 0 Å². The van der Waals surface area contributed by atoms with Crippen LogP contribution in [0.2, 0.25) is 0 Å². The van der Waals surface area contributed by atoms with Crippen molar-refractivity contribution >= 4 is 0 Å². The predicted molar refractivity (Wildman–Crippen MR) is 84.5 cm³/mol. The molecule has 0 aliphatic carbocycles. The normalized spacial score (nSPS) is 18.3. The van der Waals surface area contributed by atoms with E-state index in [1.54, 1.807) is 0 Å². The van der Waals surface area contributed by atoms with Gasteiger partial charge in [0, 0.05) is 26.1 Å². The molecule has 1 heterocycles. The Bertz CT molecular complexity index is 282. The molecule has 0 amide bonds. The van der Waals surface area contributed by atoms with Gasteiger partial charge in [-0.2, -0.15) is 0 Å². The minimum Gasteiger partial charge on any atom is -0.353 e. The summed E-state index contributed by atoms with van der Waals surface area (Å²) < 4.78 is 11.3. The van der Waals surface area contributed by atoms with E-state index in [-0.39, 0.29) is 6.29 Å². The average molecular weight is 278 g/mol. The smallest absolute Gasteiger partial charge is 0.157 e. The van der Waals surface area contributed by atoms with Gasteiger partial charge in [-0.05, 0) is 32.1 Å². The molecule has 2 heteroatoms. The molecule has 1 atom stereocenters. The van der Waals surface area contributed by atoms with Crippen LogP contribution < -0.4 is 0 Å².